The molecule has 0 saturated carbocycles. The number of carbonyl (C=O) groups excluding carboxylic acids is 1. The van der Waals surface area contributed by atoms with Gasteiger partial charge in [0.25, 0.3) is 0 Å². The standard InChI is InChI=1S/C24H25NO3/c1-18-9-8-14-22(15-18)28-17-21(26)16-25-24(27)23(19-10-4-2-5-11-19)20-12-6-3-7-13-20/h2-15,21,23,26H,16-17H2,1H3,(H,25,27). The molecule has 0 spiro atoms. The third-order valence-electron chi connectivity index (χ3n) is 4.47. The molecule has 1 unspecified atom stereocenters. The van der Waals surface area contributed by atoms with E-state index in [1.165, 1.54) is 0 Å². The lowest BCUT2D eigenvalue weighted by molar-refractivity contribution is -0.122. The number of nitrogens with one attached hydrogen (secondary N) is 1. The first-order chi connectivity index (χ1) is 13.6. The van der Waals surface area contributed by atoms with Gasteiger partial charge in [-0.2, -0.15) is 0 Å². The molecule has 4 nitrogen and oxygen atoms in total. The van der Waals surface area contributed by atoms with Gasteiger partial charge in [0, 0.05) is 6.54 Å². The summed E-state index contributed by atoms with van der Waals surface area (Å²) < 4.78 is 5.61. The molecular formula is C24H25NO3. The van der Waals surface area contributed by atoms with Crippen LogP contribution in [0.15, 0.2) is 84.9 Å². The highest BCUT2D eigenvalue weighted by atomic mass is 16.5. The molecule has 1 atom stereocenters. The number of aliphatic hydroxyl groups excluding tert-OH is 1. The number of hydrogen-bond donors (Lipinski definition) is 2. The Morgan fingerprint density at radius 3 is 2.11 bits per heavy atom. The fourth-order valence-electron chi connectivity index (χ4n) is 3.06. The largest absolute Gasteiger partial charge is 0.491 e. The summed E-state index contributed by atoms with van der Waals surface area (Å²) in [6.45, 7) is 2.22. The van der Waals surface area contributed by atoms with Crippen LogP contribution in [0.4, 0.5) is 0 Å². The normalized spacial score (nSPS) is 11.8. The number of amides is 1. The molecule has 0 bridgehead atoms. The summed E-state index contributed by atoms with van der Waals surface area (Å²) in [7, 11) is 0. The van der Waals surface area contributed by atoms with Crippen LogP contribution in [0.3, 0.4) is 0 Å². The summed E-state index contributed by atoms with van der Waals surface area (Å²) in [5, 5.41) is 13.1. The SMILES string of the molecule is Cc1cccc(OCC(O)CNC(=O)C(c2ccccc2)c2ccccc2)c1. The number of hydrogen-bond acceptors (Lipinski definition) is 3. The van der Waals surface area contributed by atoms with Crippen LogP contribution in [0.25, 0.3) is 0 Å². The highest BCUT2D eigenvalue weighted by molar-refractivity contribution is 5.87. The van der Waals surface area contributed by atoms with Crippen molar-refractivity contribution in [3.05, 3.63) is 102 Å². The summed E-state index contributed by atoms with van der Waals surface area (Å²) in [6.07, 6.45) is -0.795. The minimum Gasteiger partial charge on any atom is -0.491 e. The number of aliphatic hydroxyl groups is 1. The van der Waals surface area contributed by atoms with E-state index in [1.54, 1.807) is 0 Å². The van der Waals surface area contributed by atoms with E-state index < -0.39 is 12.0 Å². The molecule has 1 amide bonds. The summed E-state index contributed by atoms with van der Waals surface area (Å²) in [6, 6.07) is 26.9. The smallest absolute Gasteiger partial charge is 0.232 e. The van der Waals surface area contributed by atoms with E-state index in [-0.39, 0.29) is 19.1 Å². The van der Waals surface area contributed by atoms with Gasteiger partial charge >= 0.3 is 0 Å². The monoisotopic (exact) mass is 375 g/mol. The maximum atomic E-state index is 12.9. The highest BCUT2D eigenvalue weighted by Gasteiger charge is 2.23. The van der Waals surface area contributed by atoms with Crippen molar-refractivity contribution in [2.45, 2.75) is 18.9 Å². The molecule has 0 aromatic heterocycles. The fourth-order valence-corrected chi connectivity index (χ4v) is 3.06. The van der Waals surface area contributed by atoms with E-state index in [0.717, 1.165) is 16.7 Å². The maximum Gasteiger partial charge on any atom is 0.232 e. The van der Waals surface area contributed by atoms with Crippen molar-refractivity contribution in [3.63, 3.8) is 0 Å². The third-order valence-corrected chi connectivity index (χ3v) is 4.47. The molecule has 0 heterocycles. The van der Waals surface area contributed by atoms with Crippen molar-refractivity contribution in [1.82, 2.24) is 5.32 Å². The second-order valence-corrected chi connectivity index (χ2v) is 6.78. The molecule has 0 fully saturated rings. The van der Waals surface area contributed by atoms with Gasteiger partial charge in [-0.05, 0) is 35.7 Å². The lowest BCUT2D eigenvalue weighted by Crippen LogP contribution is -2.38. The minimum atomic E-state index is -0.795. The summed E-state index contributed by atoms with van der Waals surface area (Å²) in [5.74, 6) is 0.135. The first-order valence-corrected chi connectivity index (χ1v) is 9.38. The van der Waals surface area contributed by atoms with Crippen LogP contribution in [0.5, 0.6) is 5.75 Å². The molecule has 0 saturated heterocycles. The molecule has 4 heteroatoms. The second-order valence-electron chi connectivity index (χ2n) is 6.78. The van der Waals surface area contributed by atoms with Gasteiger partial charge in [-0.25, -0.2) is 0 Å². The average molecular weight is 375 g/mol. The Bertz CT molecular complexity index is 841. The zero-order valence-electron chi connectivity index (χ0n) is 15.9. The fraction of sp³-hybridized carbons (Fsp3) is 0.208. The van der Waals surface area contributed by atoms with Crippen LogP contribution in [-0.2, 0) is 4.79 Å². The van der Waals surface area contributed by atoms with Gasteiger partial charge < -0.3 is 15.2 Å². The molecule has 0 aliphatic carbocycles. The van der Waals surface area contributed by atoms with Crippen molar-refractivity contribution in [1.29, 1.82) is 0 Å². The Balaban J connectivity index is 1.60. The van der Waals surface area contributed by atoms with Gasteiger partial charge in [0.15, 0.2) is 0 Å². The lowest BCUT2D eigenvalue weighted by atomic mass is 9.90. The molecule has 3 aromatic rings. The van der Waals surface area contributed by atoms with Crippen molar-refractivity contribution < 1.29 is 14.6 Å². The number of rotatable bonds is 8. The van der Waals surface area contributed by atoms with E-state index in [1.807, 2.05) is 91.9 Å². The summed E-state index contributed by atoms with van der Waals surface area (Å²) in [4.78, 5) is 12.9. The van der Waals surface area contributed by atoms with Crippen LogP contribution >= 0.6 is 0 Å². The van der Waals surface area contributed by atoms with Crippen molar-refractivity contribution in [2.75, 3.05) is 13.2 Å². The predicted octanol–water partition coefficient (Wildman–Crippen LogP) is 3.68. The summed E-state index contributed by atoms with van der Waals surface area (Å²) >= 11 is 0. The molecular weight excluding hydrogens is 350 g/mol. The molecule has 28 heavy (non-hydrogen) atoms. The Morgan fingerprint density at radius 2 is 1.54 bits per heavy atom. The van der Waals surface area contributed by atoms with E-state index in [0.29, 0.717) is 5.75 Å². The van der Waals surface area contributed by atoms with Crippen LogP contribution in [0.2, 0.25) is 0 Å². The third kappa shape index (κ3) is 5.44. The molecule has 2 N–H and O–H groups in total. The molecule has 0 aliphatic heterocycles. The molecule has 0 radical (unpaired) electrons. The first-order valence-electron chi connectivity index (χ1n) is 9.38. The van der Waals surface area contributed by atoms with Gasteiger partial charge in [0.2, 0.25) is 5.91 Å². The number of carbonyl (C=O) groups is 1. The van der Waals surface area contributed by atoms with Crippen LogP contribution < -0.4 is 10.1 Å². The number of ether oxygens (including phenoxy) is 1. The second kappa shape index (κ2) is 9.72. The van der Waals surface area contributed by atoms with Crippen molar-refractivity contribution >= 4 is 5.91 Å². The summed E-state index contributed by atoms with van der Waals surface area (Å²) in [5.41, 5.74) is 2.92. The van der Waals surface area contributed by atoms with Gasteiger partial charge in [-0.15, -0.1) is 0 Å². The average Bonchev–Trinajstić information content (AvgIpc) is 2.72. The number of aryl methyl sites for hydroxylation is 1. The Kier molecular flexibility index (Phi) is 6.82. The Labute approximate surface area is 165 Å². The zero-order chi connectivity index (χ0) is 19.8. The Hall–Kier alpha value is -3.11. The maximum absolute atomic E-state index is 12.9. The Morgan fingerprint density at radius 1 is 0.929 bits per heavy atom. The zero-order valence-corrected chi connectivity index (χ0v) is 15.9. The minimum absolute atomic E-state index is 0.116. The van der Waals surface area contributed by atoms with E-state index in [9.17, 15) is 9.90 Å². The lowest BCUT2D eigenvalue weighted by Gasteiger charge is -2.19. The van der Waals surface area contributed by atoms with E-state index >= 15 is 0 Å². The van der Waals surface area contributed by atoms with Gasteiger partial charge in [-0.1, -0.05) is 72.8 Å². The van der Waals surface area contributed by atoms with E-state index in [4.69, 9.17) is 4.74 Å². The highest BCUT2D eigenvalue weighted by Crippen LogP contribution is 2.24. The van der Waals surface area contributed by atoms with E-state index in [2.05, 4.69) is 5.32 Å². The van der Waals surface area contributed by atoms with Gasteiger partial charge in [0.1, 0.15) is 18.5 Å². The van der Waals surface area contributed by atoms with Crippen LogP contribution in [0, 0.1) is 6.92 Å². The van der Waals surface area contributed by atoms with Crippen LogP contribution in [0.1, 0.15) is 22.6 Å². The molecule has 0 aliphatic rings. The molecule has 3 rings (SSSR count). The van der Waals surface area contributed by atoms with Crippen molar-refractivity contribution in [3.8, 4) is 5.75 Å². The molecule has 144 valence electrons. The van der Waals surface area contributed by atoms with Gasteiger partial charge in [-0.3, -0.25) is 4.79 Å². The molecule has 3 aromatic carbocycles. The topological polar surface area (TPSA) is 58.6 Å². The predicted molar refractivity (Wildman–Crippen MR) is 110 cm³/mol. The first kappa shape index (κ1) is 19.6. The quantitative estimate of drug-likeness (QED) is 0.631. The van der Waals surface area contributed by atoms with Gasteiger partial charge in [0.05, 0.1) is 5.92 Å². The van der Waals surface area contributed by atoms with Crippen LogP contribution in [-0.4, -0.2) is 30.3 Å². The number of benzene rings is 3. The van der Waals surface area contributed by atoms with Crippen molar-refractivity contribution in [2.24, 2.45) is 0 Å².